The van der Waals surface area contributed by atoms with Gasteiger partial charge in [0.05, 0.1) is 19.8 Å². The van der Waals surface area contributed by atoms with Crippen LogP contribution in [0.2, 0.25) is 38.3 Å². The summed E-state index contributed by atoms with van der Waals surface area (Å²) in [5.41, 5.74) is -0.488. The van der Waals surface area contributed by atoms with Crippen molar-refractivity contribution in [2.75, 3.05) is 26.4 Å². The third-order valence-electron chi connectivity index (χ3n) is 4.58. The molecular weight excluding hydrogens is 348 g/mol. The summed E-state index contributed by atoms with van der Waals surface area (Å²) in [7, 11) is -3.15. The average Bonchev–Trinajstić information content (AvgIpc) is 2.48. The molecule has 0 aromatic carbocycles. The van der Waals surface area contributed by atoms with E-state index >= 15 is 0 Å². The predicted molar refractivity (Wildman–Crippen MR) is 116 cm³/mol. The highest BCUT2D eigenvalue weighted by molar-refractivity contribution is 6.84. The van der Waals surface area contributed by atoms with Gasteiger partial charge in [0, 0.05) is 12.0 Å². The van der Waals surface area contributed by atoms with Gasteiger partial charge in [-0.1, -0.05) is 41.5 Å². The number of ether oxygens (including phenoxy) is 1. The molecule has 25 heavy (non-hydrogen) atoms. The van der Waals surface area contributed by atoms with Crippen LogP contribution in [0.3, 0.4) is 0 Å². The maximum Gasteiger partial charge on any atom is 0.173 e. The third-order valence-corrected chi connectivity index (χ3v) is 12.1. The van der Waals surface area contributed by atoms with Crippen LogP contribution in [0.15, 0.2) is 0 Å². The molecule has 0 heterocycles. The van der Waals surface area contributed by atoms with E-state index in [4.69, 9.17) is 8.85 Å². The van der Waals surface area contributed by atoms with Crippen LogP contribution in [0.5, 0.6) is 0 Å². The Morgan fingerprint density at radius 2 is 1.32 bits per heavy atom. The minimum absolute atomic E-state index is 0. The lowest BCUT2D eigenvalue weighted by Gasteiger charge is -2.34. The Balaban J connectivity index is -0.00000242. The van der Waals surface area contributed by atoms with Gasteiger partial charge in [-0.25, -0.2) is 0 Å². The summed E-state index contributed by atoms with van der Waals surface area (Å²) in [5, 5.41) is 18.8. The smallest absolute Gasteiger partial charge is 0.173 e. The van der Waals surface area contributed by atoms with E-state index in [9.17, 15) is 10.2 Å². The van der Waals surface area contributed by atoms with Crippen LogP contribution in [0, 0.1) is 5.41 Å². The van der Waals surface area contributed by atoms with Crippen LogP contribution < -0.4 is 0 Å². The van der Waals surface area contributed by atoms with Gasteiger partial charge in [-0.05, 0) is 51.1 Å². The molecular formula is C19H48O4Si2. The first kappa shape index (κ1) is 30.0. The SMILES string of the molecule is C.C.CCCC[Si](C)(C)O[Si](C)(C)CCCOCC(CC)(CO)CO. The van der Waals surface area contributed by atoms with Gasteiger partial charge in [-0.15, -0.1) is 0 Å². The molecule has 0 aromatic heterocycles. The van der Waals surface area contributed by atoms with Crippen LogP contribution in [0.25, 0.3) is 0 Å². The lowest BCUT2D eigenvalue weighted by molar-refractivity contribution is -0.0297. The van der Waals surface area contributed by atoms with E-state index < -0.39 is 22.0 Å². The topological polar surface area (TPSA) is 58.9 Å². The molecule has 0 spiro atoms. The van der Waals surface area contributed by atoms with Gasteiger partial charge in [-0.2, -0.15) is 0 Å². The normalized spacial score (nSPS) is 12.5. The van der Waals surface area contributed by atoms with Gasteiger partial charge < -0.3 is 19.1 Å². The van der Waals surface area contributed by atoms with Crippen molar-refractivity contribution >= 4 is 16.6 Å². The summed E-state index contributed by atoms with van der Waals surface area (Å²) in [6, 6.07) is 2.36. The zero-order valence-corrected chi connectivity index (χ0v) is 18.3. The van der Waals surface area contributed by atoms with Gasteiger partial charge in [0.2, 0.25) is 0 Å². The van der Waals surface area contributed by atoms with Crippen molar-refractivity contribution in [3.8, 4) is 0 Å². The molecule has 0 rings (SSSR count). The fourth-order valence-corrected chi connectivity index (χ4v) is 11.8. The number of hydrogen-bond acceptors (Lipinski definition) is 4. The first-order chi connectivity index (χ1) is 10.7. The standard InChI is InChI=1S/C17H40O4Si2.2CH4/c1-7-9-12-22(3,4)21-23(5,6)13-10-11-20-16-17(8-2,14-18)15-19;;/h18-19H,7-16H2,1-6H3;2*1H4. The summed E-state index contributed by atoms with van der Waals surface area (Å²) in [6.07, 6.45) is 4.23. The number of aliphatic hydroxyl groups is 2. The molecule has 0 saturated carbocycles. The molecule has 0 aliphatic carbocycles. The first-order valence-corrected chi connectivity index (χ1v) is 15.4. The van der Waals surface area contributed by atoms with E-state index in [1.54, 1.807) is 0 Å². The van der Waals surface area contributed by atoms with Crippen LogP contribution in [0.4, 0.5) is 0 Å². The van der Waals surface area contributed by atoms with Crippen LogP contribution in [0.1, 0.15) is 54.4 Å². The Hall–Kier alpha value is 0.274. The molecule has 0 atom stereocenters. The molecule has 2 N–H and O–H groups in total. The first-order valence-electron chi connectivity index (χ1n) is 9.15. The molecule has 0 radical (unpaired) electrons. The van der Waals surface area contributed by atoms with Gasteiger partial charge in [0.15, 0.2) is 16.6 Å². The molecule has 0 bridgehead atoms. The quantitative estimate of drug-likeness (QED) is 0.310. The number of unbranched alkanes of at least 4 members (excludes halogenated alkanes) is 1. The Labute approximate surface area is 160 Å². The zero-order chi connectivity index (χ0) is 18.0. The van der Waals surface area contributed by atoms with Crippen molar-refractivity contribution in [1.82, 2.24) is 0 Å². The van der Waals surface area contributed by atoms with Crippen molar-refractivity contribution in [2.45, 2.75) is 92.7 Å². The van der Waals surface area contributed by atoms with Crippen molar-refractivity contribution in [1.29, 1.82) is 0 Å². The highest BCUT2D eigenvalue weighted by atomic mass is 28.4. The van der Waals surface area contributed by atoms with Crippen molar-refractivity contribution in [3.63, 3.8) is 0 Å². The fourth-order valence-electron chi connectivity index (χ4n) is 2.81. The lowest BCUT2D eigenvalue weighted by atomic mass is 9.88. The second-order valence-corrected chi connectivity index (χ2v) is 16.9. The molecule has 0 amide bonds. The number of hydrogen-bond donors (Lipinski definition) is 2. The minimum Gasteiger partial charge on any atom is -0.455 e. The van der Waals surface area contributed by atoms with Crippen LogP contribution in [-0.2, 0) is 8.85 Å². The molecule has 0 aromatic rings. The third kappa shape index (κ3) is 13.1. The molecule has 4 nitrogen and oxygen atoms in total. The van der Waals surface area contributed by atoms with Crippen LogP contribution in [-0.4, -0.2) is 53.3 Å². The summed E-state index contributed by atoms with van der Waals surface area (Å²) in [5.74, 6) is 0. The second kappa shape index (κ2) is 14.3. The van der Waals surface area contributed by atoms with Crippen molar-refractivity contribution in [2.24, 2.45) is 5.41 Å². The molecule has 0 unspecified atom stereocenters. The van der Waals surface area contributed by atoms with E-state index in [1.807, 2.05) is 6.92 Å². The predicted octanol–water partition coefficient (Wildman–Crippen LogP) is 5.27. The number of rotatable bonds is 14. The summed E-state index contributed by atoms with van der Waals surface area (Å²) < 4.78 is 12.3. The Morgan fingerprint density at radius 1 is 0.840 bits per heavy atom. The molecule has 6 heteroatoms. The van der Waals surface area contributed by atoms with E-state index in [1.165, 1.54) is 18.9 Å². The minimum atomic E-state index is -1.63. The van der Waals surface area contributed by atoms with E-state index in [-0.39, 0.29) is 28.1 Å². The van der Waals surface area contributed by atoms with Crippen molar-refractivity contribution in [3.05, 3.63) is 0 Å². The maximum atomic E-state index is 9.41. The summed E-state index contributed by atoms with van der Waals surface area (Å²) in [4.78, 5) is 0. The Kier molecular flexibility index (Phi) is 17.2. The second-order valence-electron chi connectivity index (χ2n) is 8.05. The molecule has 156 valence electrons. The largest absolute Gasteiger partial charge is 0.455 e. The van der Waals surface area contributed by atoms with Gasteiger partial charge in [0.25, 0.3) is 0 Å². The van der Waals surface area contributed by atoms with E-state index in [0.29, 0.717) is 13.2 Å². The Morgan fingerprint density at radius 3 is 1.72 bits per heavy atom. The monoisotopic (exact) mass is 396 g/mol. The number of aliphatic hydroxyl groups excluding tert-OH is 2. The van der Waals surface area contributed by atoms with E-state index in [0.717, 1.165) is 18.9 Å². The Bertz CT molecular complexity index is 298. The highest BCUT2D eigenvalue weighted by Crippen LogP contribution is 2.25. The van der Waals surface area contributed by atoms with Gasteiger partial charge in [-0.3, -0.25) is 0 Å². The fraction of sp³-hybridized carbons (Fsp3) is 1.00. The van der Waals surface area contributed by atoms with Crippen LogP contribution >= 0.6 is 0 Å². The lowest BCUT2D eigenvalue weighted by Crippen LogP contribution is -2.44. The summed E-state index contributed by atoms with van der Waals surface area (Å²) in [6.45, 7) is 14.6. The van der Waals surface area contributed by atoms with Crippen molar-refractivity contribution < 1.29 is 19.1 Å². The molecule has 0 aliphatic rings. The van der Waals surface area contributed by atoms with Gasteiger partial charge in [0.1, 0.15) is 0 Å². The molecule has 0 fully saturated rings. The maximum absolute atomic E-state index is 9.41. The average molecular weight is 397 g/mol. The molecule has 0 aliphatic heterocycles. The highest BCUT2D eigenvalue weighted by Gasteiger charge is 2.32. The molecule has 0 saturated heterocycles. The van der Waals surface area contributed by atoms with Gasteiger partial charge >= 0.3 is 0 Å². The van der Waals surface area contributed by atoms with E-state index in [2.05, 4.69) is 33.1 Å². The summed E-state index contributed by atoms with van der Waals surface area (Å²) >= 11 is 0. The zero-order valence-electron chi connectivity index (χ0n) is 16.3.